The van der Waals surface area contributed by atoms with Crippen LogP contribution in [0.25, 0.3) is 11.1 Å². The summed E-state index contributed by atoms with van der Waals surface area (Å²) < 4.78 is 30.3. The van der Waals surface area contributed by atoms with E-state index in [2.05, 4.69) is 20.7 Å². The van der Waals surface area contributed by atoms with Gasteiger partial charge in [-0.15, -0.1) is 0 Å². The molecule has 6 N–H and O–H groups in total. The van der Waals surface area contributed by atoms with Crippen LogP contribution in [0.4, 0.5) is 20.2 Å². The summed E-state index contributed by atoms with van der Waals surface area (Å²) in [7, 11) is 0. The minimum Gasteiger partial charge on any atom is -0.434 e. The molecule has 6 nitrogen and oxygen atoms in total. The van der Waals surface area contributed by atoms with Gasteiger partial charge in [-0.2, -0.15) is 14.3 Å². The van der Waals surface area contributed by atoms with E-state index in [-0.39, 0.29) is 5.75 Å². The number of hydrogen-bond acceptors (Lipinski definition) is 5. The SMILES string of the molecule is NNNC(=Nc1ccccc1N)c1ccccc1-c1ccccc1OC(F)F. The van der Waals surface area contributed by atoms with Crippen molar-refractivity contribution in [2.75, 3.05) is 5.73 Å². The Morgan fingerprint density at radius 2 is 1.54 bits per heavy atom. The van der Waals surface area contributed by atoms with Gasteiger partial charge in [0.05, 0.1) is 11.4 Å². The van der Waals surface area contributed by atoms with Crippen molar-refractivity contribution < 1.29 is 13.5 Å². The summed E-state index contributed by atoms with van der Waals surface area (Å²) in [6.45, 7) is -2.94. The monoisotopic (exact) mass is 383 g/mol. The highest BCUT2D eigenvalue weighted by molar-refractivity contribution is 6.06. The first-order valence-electron chi connectivity index (χ1n) is 8.38. The van der Waals surface area contributed by atoms with Crippen LogP contribution in [0.5, 0.6) is 5.75 Å². The zero-order valence-electron chi connectivity index (χ0n) is 14.8. The van der Waals surface area contributed by atoms with Crippen molar-refractivity contribution in [2.24, 2.45) is 10.8 Å². The standard InChI is InChI=1S/C20H19F2N5O/c21-20(22)28-18-12-6-3-8-14(18)13-7-1-2-9-15(13)19(26-27-24)25-17-11-5-4-10-16(17)23/h1-12,20,27H,23-24H2,(H,25,26). The fourth-order valence-electron chi connectivity index (χ4n) is 2.75. The van der Waals surface area contributed by atoms with Crippen molar-refractivity contribution in [1.82, 2.24) is 11.0 Å². The number of nitrogens with one attached hydrogen (secondary N) is 2. The van der Waals surface area contributed by atoms with E-state index in [1.54, 1.807) is 66.7 Å². The molecule has 0 unspecified atom stereocenters. The summed E-state index contributed by atoms with van der Waals surface area (Å²) in [5.41, 5.74) is 13.9. The second-order valence-corrected chi connectivity index (χ2v) is 5.71. The second kappa shape index (κ2) is 8.94. The number of aliphatic imine (C=N–C) groups is 1. The third kappa shape index (κ3) is 4.43. The van der Waals surface area contributed by atoms with E-state index in [1.165, 1.54) is 6.07 Å². The van der Waals surface area contributed by atoms with Crippen LogP contribution in [0.15, 0.2) is 77.8 Å². The molecule has 0 saturated carbocycles. The number of rotatable bonds is 6. The molecule has 0 aliphatic rings. The summed E-state index contributed by atoms with van der Waals surface area (Å²) in [6, 6.07) is 20.8. The molecular weight excluding hydrogens is 364 g/mol. The summed E-state index contributed by atoms with van der Waals surface area (Å²) >= 11 is 0. The van der Waals surface area contributed by atoms with Gasteiger partial charge >= 0.3 is 6.61 Å². The molecule has 0 heterocycles. The van der Waals surface area contributed by atoms with E-state index in [0.29, 0.717) is 33.9 Å². The number of alkyl halides is 2. The Bertz CT molecular complexity index is 978. The number of nitrogens with zero attached hydrogens (tertiary/aromatic N) is 1. The maximum atomic E-state index is 12.8. The van der Waals surface area contributed by atoms with Crippen molar-refractivity contribution >= 4 is 17.2 Å². The Labute approximate surface area is 160 Å². The third-order valence-electron chi connectivity index (χ3n) is 3.94. The van der Waals surface area contributed by atoms with Crippen LogP contribution in [-0.2, 0) is 0 Å². The molecule has 28 heavy (non-hydrogen) atoms. The maximum absolute atomic E-state index is 12.8. The van der Waals surface area contributed by atoms with Crippen molar-refractivity contribution in [1.29, 1.82) is 0 Å². The van der Waals surface area contributed by atoms with Gasteiger partial charge in [-0.05, 0) is 23.8 Å². The van der Waals surface area contributed by atoms with Crippen molar-refractivity contribution in [3.8, 4) is 16.9 Å². The van der Waals surface area contributed by atoms with Crippen molar-refractivity contribution in [2.45, 2.75) is 6.61 Å². The number of benzene rings is 3. The van der Waals surface area contributed by atoms with Crippen LogP contribution in [0.3, 0.4) is 0 Å². The summed E-state index contributed by atoms with van der Waals surface area (Å²) in [5.74, 6) is 5.87. The van der Waals surface area contributed by atoms with Crippen LogP contribution in [0.2, 0.25) is 0 Å². The highest BCUT2D eigenvalue weighted by Crippen LogP contribution is 2.34. The van der Waals surface area contributed by atoms with E-state index in [4.69, 9.17) is 11.6 Å². The Balaban J connectivity index is 2.15. The van der Waals surface area contributed by atoms with Crippen molar-refractivity contribution in [3.63, 3.8) is 0 Å². The number of nitrogens with two attached hydrogens (primary N) is 2. The number of anilines is 1. The van der Waals surface area contributed by atoms with Crippen LogP contribution in [0.1, 0.15) is 5.56 Å². The molecular formula is C20H19F2N5O. The largest absolute Gasteiger partial charge is 0.434 e. The molecule has 0 spiro atoms. The highest BCUT2D eigenvalue weighted by Gasteiger charge is 2.16. The molecule has 0 saturated heterocycles. The summed E-state index contributed by atoms with van der Waals surface area (Å²) in [6.07, 6.45) is 0. The molecule has 0 amide bonds. The first-order chi connectivity index (χ1) is 13.6. The van der Waals surface area contributed by atoms with Gasteiger partial charge < -0.3 is 10.5 Å². The topological polar surface area (TPSA) is 97.7 Å². The smallest absolute Gasteiger partial charge is 0.387 e. The molecule has 0 aromatic heterocycles. The molecule has 8 heteroatoms. The van der Waals surface area contributed by atoms with E-state index < -0.39 is 6.61 Å². The van der Waals surface area contributed by atoms with Crippen LogP contribution in [0, 0.1) is 0 Å². The number of ether oxygens (including phenoxy) is 1. The lowest BCUT2D eigenvalue weighted by Crippen LogP contribution is -2.42. The van der Waals surface area contributed by atoms with Gasteiger partial charge in [-0.25, -0.2) is 4.99 Å². The first-order valence-corrected chi connectivity index (χ1v) is 8.38. The number of amidine groups is 1. The van der Waals surface area contributed by atoms with Crippen LogP contribution >= 0.6 is 0 Å². The lowest BCUT2D eigenvalue weighted by Gasteiger charge is -2.16. The number of hydrazine groups is 2. The fraction of sp³-hybridized carbons (Fsp3) is 0.0500. The number of para-hydroxylation sites is 3. The number of hydrogen-bond donors (Lipinski definition) is 4. The zero-order valence-corrected chi connectivity index (χ0v) is 14.8. The van der Waals surface area contributed by atoms with Gasteiger partial charge in [0.25, 0.3) is 0 Å². The second-order valence-electron chi connectivity index (χ2n) is 5.71. The van der Waals surface area contributed by atoms with Crippen LogP contribution in [-0.4, -0.2) is 12.4 Å². The Kier molecular flexibility index (Phi) is 6.15. The van der Waals surface area contributed by atoms with Gasteiger partial charge in [0.15, 0.2) is 0 Å². The quantitative estimate of drug-likeness (QED) is 0.171. The van der Waals surface area contributed by atoms with Crippen LogP contribution < -0.4 is 27.3 Å². The third-order valence-corrected chi connectivity index (χ3v) is 3.94. The van der Waals surface area contributed by atoms with Gasteiger partial charge in [-0.1, -0.05) is 54.6 Å². The lowest BCUT2D eigenvalue weighted by atomic mass is 9.98. The molecule has 0 aliphatic heterocycles. The normalized spacial score (nSPS) is 11.5. The van der Waals surface area contributed by atoms with Crippen molar-refractivity contribution in [3.05, 3.63) is 78.4 Å². The van der Waals surface area contributed by atoms with E-state index in [9.17, 15) is 8.78 Å². The summed E-state index contributed by atoms with van der Waals surface area (Å²) in [4.78, 5) is 4.54. The van der Waals surface area contributed by atoms with E-state index in [0.717, 1.165) is 0 Å². The minimum atomic E-state index is -2.94. The lowest BCUT2D eigenvalue weighted by molar-refractivity contribution is -0.0494. The molecule has 0 fully saturated rings. The predicted molar refractivity (Wildman–Crippen MR) is 106 cm³/mol. The Hall–Kier alpha value is -3.49. The number of halogens is 2. The average molecular weight is 383 g/mol. The average Bonchev–Trinajstić information content (AvgIpc) is 2.69. The highest BCUT2D eigenvalue weighted by atomic mass is 19.3. The molecule has 3 aromatic rings. The molecule has 3 rings (SSSR count). The minimum absolute atomic E-state index is 0.0595. The van der Waals surface area contributed by atoms with Gasteiger partial charge in [-0.3, -0.25) is 11.3 Å². The molecule has 144 valence electrons. The van der Waals surface area contributed by atoms with Gasteiger partial charge in [0.2, 0.25) is 0 Å². The predicted octanol–water partition coefficient (Wildman–Crippen LogP) is 3.58. The van der Waals surface area contributed by atoms with Gasteiger partial charge in [0.1, 0.15) is 11.6 Å². The Morgan fingerprint density at radius 1 is 0.893 bits per heavy atom. The van der Waals surface area contributed by atoms with E-state index in [1.807, 2.05) is 0 Å². The first kappa shape index (κ1) is 19.3. The fourth-order valence-corrected chi connectivity index (χ4v) is 2.75. The molecule has 0 atom stereocenters. The molecule has 3 aromatic carbocycles. The van der Waals surface area contributed by atoms with Gasteiger partial charge in [0, 0.05) is 11.1 Å². The zero-order chi connectivity index (χ0) is 19.9. The molecule has 0 bridgehead atoms. The molecule has 0 aliphatic carbocycles. The summed E-state index contributed by atoms with van der Waals surface area (Å²) in [5, 5.41) is 0. The number of nitrogen functional groups attached to an aromatic ring is 1. The molecule has 0 radical (unpaired) electrons. The maximum Gasteiger partial charge on any atom is 0.387 e. The van der Waals surface area contributed by atoms with E-state index >= 15 is 0 Å². The Morgan fingerprint density at radius 3 is 2.25 bits per heavy atom.